The topological polar surface area (TPSA) is 86.2 Å². The summed E-state index contributed by atoms with van der Waals surface area (Å²) in [6.07, 6.45) is 2.73. The standard InChI is InChI=1S/C11H17N5O2/c1-8(11(18)12-3)14-6-13-7-15-10-4-16(5-10)9(2)17/h6-7,10H,1,4-5H2,2-3H3,(H,12,18)(H,13,14,15). The Morgan fingerprint density at radius 2 is 2.11 bits per heavy atom. The number of hydrogen-bond acceptors (Lipinski definition) is 3. The van der Waals surface area contributed by atoms with Gasteiger partial charge in [-0.2, -0.15) is 0 Å². The molecule has 2 amide bonds. The Labute approximate surface area is 106 Å². The number of carbonyl (C=O) groups excluding carboxylic acids is 2. The van der Waals surface area contributed by atoms with E-state index in [1.807, 2.05) is 0 Å². The Kier molecular flexibility index (Phi) is 5.04. The molecule has 18 heavy (non-hydrogen) atoms. The van der Waals surface area contributed by atoms with Crippen molar-refractivity contribution < 1.29 is 9.59 Å². The van der Waals surface area contributed by atoms with E-state index in [0.717, 1.165) is 0 Å². The van der Waals surface area contributed by atoms with Crippen LogP contribution in [0.25, 0.3) is 0 Å². The smallest absolute Gasteiger partial charge is 0.266 e. The number of nitrogens with zero attached hydrogens (tertiary/aromatic N) is 3. The van der Waals surface area contributed by atoms with Gasteiger partial charge < -0.3 is 15.5 Å². The van der Waals surface area contributed by atoms with Crippen molar-refractivity contribution in [1.29, 1.82) is 0 Å². The molecule has 7 heteroatoms. The molecule has 0 bridgehead atoms. The van der Waals surface area contributed by atoms with E-state index < -0.39 is 0 Å². The van der Waals surface area contributed by atoms with Gasteiger partial charge in [0.25, 0.3) is 5.91 Å². The molecule has 1 saturated heterocycles. The lowest BCUT2D eigenvalue weighted by molar-refractivity contribution is -0.132. The Hall–Kier alpha value is -2.18. The third kappa shape index (κ3) is 4.00. The van der Waals surface area contributed by atoms with Gasteiger partial charge in [-0.25, -0.2) is 4.99 Å². The first-order valence-corrected chi connectivity index (χ1v) is 5.51. The summed E-state index contributed by atoms with van der Waals surface area (Å²) in [5.41, 5.74) is 0.209. The SMILES string of the molecule is C=C(NC=NC=NC1CN(C(C)=O)C1)C(=O)NC. The highest BCUT2D eigenvalue weighted by Gasteiger charge is 2.27. The fourth-order valence-electron chi connectivity index (χ4n) is 1.30. The van der Waals surface area contributed by atoms with Crippen LogP contribution in [0.3, 0.4) is 0 Å². The summed E-state index contributed by atoms with van der Waals surface area (Å²) in [4.78, 5) is 31.6. The van der Waals surface area contributed by atoms with Crippen LogP contribution in [0.1, 0.15) is 6.92 Å². The van der Waals surface area contributed by atoms with E-state index >= 15 is 0 Å². The van der Waals surface area contributed by atoms with Crippen molar-refractivity contribution in [2.24, 2.45) is 9.98 Å². The predicted octanol–water partition coefficient (Wildman–Crippen LogP) is -0.877. The fourth-order valence-corrected chi connectivity index (χ4v) is 1.30. The highest BCUT2D eigenvalue weighted by Crippen LogP contribution is 2.10. The van der Waals surface area contributed by atoms with Crippen molar-refractivity contribution >= 4 is 24.5 Å². The van der Waals surface area contributed by atoms with Crippen LogP contribution in [-0.2, 0) is 9.59 Å². The fraction of sp³-hybridized carbons (Fsp3) is 0.455. The van der Waals surface area contributed by atoms with Crippen LogP contribution in [0.5, 0.6) is 0 Å². The zero-order chi connectivity index (χ0) is 13.5. The maximum Gasteiger partial charge on any atom is 0.266 e. The third-order valence-corrected chi connectivity index (χ3v) is 2.47. The predicted molar refractivity (Wildman–Crippen MR) is 69.4 cm³/mol. The van der Waals surface area contributed by atoms with Gasteiger partial charge in [0.05, 0.1) is 18.1 Å². The Balaban J connectivity index is 2.20. The molecule has 1 fully saturated rings. The third-order valence-electron chi connectivity index (χ3n) is 2.47. The Bertz CT molecular complexity index is 396. The lowest BCUT2D eigenvalue weighted by atomic mass is 10.1. The van der Waals surface area contributed by atoms with Gasteiger partial charge >= 0.3 is 0 Å². The minimum atomic E-state index is -0.297. The van der Waals surface area contributed by atoms with Gasteiger partial charge in [-0.05, 0) is 0 Å². The van der Waals surface area contributed by atoms with Crippen LogP contribution >= 0.6 is 0 Å². The summed E-state index contributed by atoms with van der Waals surface area (Å²) in [5, 5.41) is 5.04. The number of rotatable bonds is 5. The summed E-state index contributed by atoms with van der Waals surface area (Å²) >= 11 is 0. The van der Waals surface area contributed by atoms with Crippen molar-refractivity contribution in [3.05, 3.63) is 12.3 Å². The van der Waals surface area contributed by atoms with Crippen LogP contribution in [0, 0.1) is 0 Å². The number of likely N-dealkylation sites (tertiary alicyclic amines) is 1. The van der Waals surface area contributed by atoms with E-state index in [-0.39, 0.29) is 23.6 Å². The first-order valence-electron chi connectivity index (χ1n) is 5.51. The van der Waals surface area contributed by atoms with E-state index in [0.29, 0.717) is 13.1 Å². The van der Waals surface area contributed by atoms with Crippen LogP contribution in [0.4, 0.5) is 0 Å². The first-order chi connectivity index (χ1) is 8.54. The minimum absolute atomic E-state index is 0.0634. The molecular formula is C11H17N5O2. The molecule has 1 aliphatic rings. The molecule has 1 aliphatic heterocycles. The summed E-state index contributed by atoms with van der Waals surface area (Å²) in [7, 11) is 1.52. The number of hydrogen-bond donors (Lipinski definition) is 2. The quantitative estimate of drug-likeness (QED) is 0.378. The van der Waals surface area contributed by atoms with Crippen molar-refractivity contribution in [1.82, 2.24) is 15.5 Å². The number of amides is 2. The zero-order valence-corrected chi connectivity index (χ0v) is 10.5. The van der Waals surface area contributed by atoms with Crippen LogP contribution in [0.15, 0.2) is 22.3 Å². The number of carbonyl (C=O) groups is 2. The van der Waals surface area contributed by atoms with Gasteiger partial charge in [0, 0.05) is 27.1 Å². The minimum Gasteiger partial charge on any atom is -0.354 e. The second kappa shape index (κ2) is 6.53. The molecule has 0 spiro atoms. The average Bonchev–Trinajstić information content (AvgIpc) is 2.28. The lowest BCUT2D eigenvalue weighted by Gasteiger charge is -2.35. The first kappa shape index (κ1) is 13.9. The molecule has 0 atom stereocenters. The Morgan fingerprint density at radius 1 is 1.44 bits per heavy atom. The average molecular weight is 251 g/mol. The maximum atomic E-state index is 11.0. The van der Waals surface area contributed by atoms with E-state index in [2.05, 4.69) is 27.2 Å². The van der Waals surface area contributed by atoms with Crippen LogP contribution < -0.4 is 10.6 Å². The highest BCUT2D eigenvalue weighted by molar-refractivity contribution is 5.94. The van der Waals surface area contributed by atoms with Gasteiger partial charge in [-0.1, -0.05) is 6.58 Å². The van der Waals surface area contributed by atoms with Crippen LogP contribution in [0.2, 0.25) is 0 Å². The number of nitrogens with one attached hydrogen (secondary N) is 2. The molecule has 0 aromatic carbocycles. The molecule has 0 radical (unpaired) electrons. The molecule has 0 aromatic heterocycles. The second-order valence-electron chi connectivity index (χ2n) is 3.82. The molecule has 0 aromatic rings. The number of likely N-dealkylation sites (N-methyl/N-ethyl adjacent to an activating group) is 1. The molecule has 1 heterocycles. The van der Waals surface area contributed by atoms with Crippen molar-refractivity contribution in [3.63, 3.8) is 0 Å². The van der Waals surface area contributed by atoms with E-state index in [4.69, 9.17) is 0 Å². The van der Waals surface area contributed by atoms with Gasteiger partial charge in [0.15, 0.2) is 0 Å². The summed E-state index contributed by atoms with van der Waals surface area (Å²) < 4.78 is 0. The monoisotopic (exact) mass is 251 g/mol. The van der Waals surface area contributed by atoms with Crippen LogP contribution in [-0.4, -0.2) is 55.6 Å². The van der Waals surface area contributed by atoms with Gasteiger partial charge in [0.2, 0.25) is 5.91 Å². The maximum absolute atomic E-state index is 11.0. The molecule has 1 rings (SSSR count). The molecule has 2 N–H and O–H groups in total. The molecule has 0 aliphatic carbocycles. The van der Waals surface area contributed by atoms with E-state index in [1.165, 1.54) is 26.6 Å². The zero-order valence-electron chi connectivity index (χ0n) is 10.5. The summed E-state index contributed by atoms with van der Waals surface area (Å²) in [6.45, 7) is 6.32. The van der Waals surface area contributed by atoms with Gasteiger partial charge in [0.1, 0.15) is 6.34 Å². The molecule has 0 saturated carbocycles. The Morgan fingerprint density at radius 3 is 2.67 bits per heavy atom. The normalized spacial score (nSPS) is 15.8. The number of aliphatic imine (C=N–C) groups is 2. The summed E-state index contributed by atoms with van der Waals surface area (Å²) in [6, 6.07) is 0.119. The largest absolute Gasteiger partial charge is 0.354 e. The highest BCUT2D eigenvalue weighted by atomic mass is 16.2. The molecule has 7 nitrogen and oxygen atoms in total. The molecule has 98 valence electrons. The molecule has 0 unspecified atom stereocenters. The lowest BCUT2D eigenvalue weighted by Crippen LogP contribution is -2.51. The van der Waals surface area contributed by atoms with E-state index in [9.17, 15) is 9.59 Å². The van der Waals surface area contributed by atoms with E-state index in [1.54, 1.807) is 4.90 Å². The van der Waals surface area contributed by atoms with Crippen molar-refractivity contribution in [2.45, 2.75) is 13.0 Å². The second-order valence-corrected chi connectivity index (χ2v) is 3.82. The summed E-state index contributed by atoms with van der Waals surface area (Å²) in [5.74, 6) is -0.233. The van der Waals surface area contributed by atoms with Crippen molar-refractivity contribution in [2.75, 3.05) is 20.1 Å². The van der Waals surface area contributed by atoms with Crippen molar-refractivity contribution in [3.8, 4) is 0 Å². The van der Waals surface area contributed by atoms with Gasteiger partial charge in [-0.3, -0.25) is 14.6 Å². The molecular weight excluding hydrogens is 234 g/mol. The van der Waals surface area contributed by atoms with Gasteiger partial charge in [-0.15, -0.1) is 0 Å².